The summed E-state index contributed by atoms with van der Waals surface area (Å²) in [6.07, 6.45) is 1.45. The standard InChI is InChI=1S/C31H38N4O2/c1-21(2)17-25-19-29(28-14-10-9-13-27(28)22(3)4)32-33-30(25)31(37)34-15-16-35(23(5)36)26(20-34)18-24-11-7-6-8-12-24/h6-14,19,21-22,26H,15-18,20H2,1-5H3/t26-/m0/s1. The van der Waals surface area contributed by atoms with Crippen LogP contribution in [0.1, 0.15) is 67.7 Å². The number of carbonyl (C=O) groups is 2. The molecule has 3 aromatic rings. The summed E-state index contributed by atoms with van der Waals surface area (Å²) < 4.78 is 0. The van der Waals surface area contributed by atoms with Crippen molar-refractivity contribution in [1.29, 1.82) is 0 Å². The van der Waals surface area contributed by atoms with Crippen LogP contribution in [0.4, 0.5) is 0 Å². The van der Waals surface area contributed by atoms with Crippen LogP contribution in [0.2, 0.25) is 0 Å². The Hall–Kier alpha value is -3.54. The van der Waals surface area contributed by atoms with E-state index in [2.05, 4.69) is 68.2 Å². The Bertz CT molecular complexity index is 1240. The summed E-state index contributed by atoms with van der Waals surface area (Å²) in [4.78, 5) is 29.9. The van der Waals surface area contributed by atoms with E-state index in [0.717, 1.165) is 28.8 Å². The topological polar surface area (TPSA) is 66.4 Å². The monoisotopic (exact) mass is 498 g/mol. The van der Waals surface area contributed by atoms with Crippen molar-refractivity contribution < 1.29 is 9.59 Å². The number of rotatable bonds is 7. The fourth-order valence-corrected chi connectivity index (χ4v) is 5.24. The van der Waals surface area contributed by atoms with Crippen molar-refractivity contribution in [2.75, 3.05) is 19.6 Å². The second-order valence-electron chi connectivity index (χ2n) is 10.8. The van der Waals surface area contributed by atoms with E-state index in [1.165, 1.54) is 5.56 Å². The number of hydrogen-bond donors (Lipinski definition) is 0. The zero-order valence-corrected chi connectivity index (χ0v) is 22.6. The van der Waals surface area contributed by atoms with Crippen LogP contribution in [0, 0.1) is 5.92 Å². The molecule has 37 heavy (non-hydrogen) atoms. The zero-order chi connectivity index (χ0) is 26.5. The van der Waals surface area contributed by atoms with E-state index < -0.39 is 0 Å². The maximum Gasteiger partial charge on any atom is 0.274 e. The van der Waals surface area contributed by atoms with Gasteiger partial charge in [-0.25, -0.2) is 0 Å². The van der Waals surface area contributed by atoms with Crippen LogP contribution in [-0.4, -0.2) is 57.5 Å². The van der Waals surface area contributed by atoms with Crippen LogP contribution < -0.4 is 0 Å². The minimum atomic E-state index is -0.104. The van der Waals surface area contributed by atoms with Gasteiger partial charge in [-0.1, -0.05) is 82.3 Å². The van der Waals surface area contributed by atoms with Crippen molar-refractivity contribution >= 4 is 11.8 Å². The van der Waals surface area contributed by atoms with E-state index in [4.69, 9.17) is 0 Å². The second-order valence-corrected chi connectivity index (χ2v) is 10.8. The molecule has 1 saturated heterocycles. The molecule has 0 aliphatic carbocycles. The molecule has 194 valence electrons. The molecule has 0 unspecified atom stereocenters. The third kappa shape index (κ3) is 6.24. The van der Waals surface area contributed by atoms with Crippen LogP contribution in [0.3, 0.4) is 0 Å². The van der Waals surface area contributed by atoms with Gasteiger partial charge in [0.05, 0.1) is 11.7 Å². The third-order valence-electron chi connectivity index (χ3n) is 7.05. The molecule has 1 aliphatic rings. The summed E-state index contributed by atoms with van der Waals surface area (Å²) in [5.41, 5.74) is 5.59. The summed E-state index contributed by atoms with van der Waals surface area (Å²) in [5.74, 6) is 0.658. The summed E-state index contributed by atoms with van der Waals surface area (Å²) >= 11 is 0. The van der Waals surface area contributed by atoms with Crippen LogP contribution in [0.15, 0.2) is 60.7 Å². The first-order chi connectivity index (χ1) is 17.7. The molecule has 0 spiro atoms. The minimum absolute atomic E-state index is 0.0430. The highest BCUT2D eigenvalue weighted by atomic mass is 16.2. The molecule has 0 radical (unpaired) electrons. The first-order valence-corrected chi connectivity index (χ1v) is 13.3. The lowest BCUT2D eigenvalue weighted by Gasteiger charge is -2.41. The Labute approximate surface area is 220 Å². The van der Waals surface area contributed by atoms with Gasteiger partial charge in [-0.3, -0.25) is 9.59 Å². The molecule has 1 atom stereocenters. The first-order valence-electron chi connectivity index (χ1n) is 13.3. The molecule has 0 bridgehead atoms. The lowest BCUT2D eigenvalue weighted by Crippen LogP contribution is -2.57. The summed E-state index contributed by atoms with van der Waals surface area (Å²) in [6.45, 7) is 11.7. The second kappa shape index (κ2) is 11.7. The summed E-state index contributed by atoms with van der Waals surface area (Å²) in [5, 5.41) is 9.07. The van der Waals surface area contributed by atoms with Crippen molar-refractivity contribution in [2.45, 2.75) is 59.4 Å². The molecule has 2 aromatic carbocycles. The molecule has 1 fully saturated rings. The van der Waals surface area contributed by atoms with Crippen molar-refractivity contribution in [2.24, 2.45) is 5.92 Å². The van der Waals surface area contributed by atoms with Crippen LogP contribution in [0.25, 0.3) is 11.3 Å². The van der Waals surface area contributed by atoms with Crippen molar-refractivity contribution in [3.8, 4) is 11.3 Å². The van der Waals surface area contributed by atoms with Gasteiger partial charge in [-0.05, 0) is 47.4 Å². The molecule has 2 amide bonds. The Morgan fingerprint density at radius 1 is 0.946 bits per heavy atom. The smallest absolute Gasteiger partial charge is 0.274 e. The predicted octanol–water partition coefficient (Wildman–Crippen LogP) is 5.38. The maximum absolute atomic E-state index is 13.8. The Morgan fingerprint density at radius 3 is 2.32 bits per heavy atom. The molecule has 6 heteroatoms. The van der Waals surface area contributed by atoms with Gasteiger partial charge in [0, 0.05) is 32.1 Å². The number of carbonyl (C=O) groups excluding carboxylic acids is 2. The van der Waals surface area contributed by atoms with Gasteiger partial charge in [-0.2, -0.15) is 0 Å². The fourth-order valence-electron chi connectivity index (χ4n) is 5.24. The number of aromatic nitrogens is 2. The third-order valence-corrected chi connectivity index (χ3v) is 7.05. The molecule has 1 aliphatic heterocycles. The molecular weight excluding hydrogens is 460 g/mol. The average molecular weight is 499 g/mol. The number of nitrogens with zero attached hydrogens (tertiary/aromatic N) is 4. The quantitative estimate of drug-likeness (QED) is 0.439. The van der Waals surface area contributed by atoms with Crippen molar-refractivity contribution in [3.63, 3.8) is 0 Å². The van der Waals surface area contributed by atoms with Crippen molar-refractivity contribution in [1.82, 2.24) is 20.0 Å². The molecule has 4 rings (SSSR count). The summed E-state index contributed by atoms with van der Waals surface area (Å²) in [6, 6.07) is 20.4. The van der Waals surface area contributed by atoms with E-state index in [1.54, 1.807) is 6.92 Å². The zero-order valence-electron chi connectivity index (χ0n) is 22.6. The SMILES string of the molecule is CC(=O)N1CCN(C(=O)c2nnc(-c3ccccc3C(C)C)cc2CC(C)C)C[C@@H]1Cc1ccccc1. The Kier molecular flexibility index (Phi) is 8.37. The van der Waals surface area contributed by atoms with Crippen LogP contribution in [-0.2, 0) is 17.6 Å². The first kappa shape index (κ1) is 26.5. The molecule has 0 N–H and O–H groups in total. The molecular formula is C31H38N4O2. The van der Waals surface area contributed by atoms with E-state index in [9.17, 15) is 9.59 Å². The maximum atomic E-state index is 13.8. The van der Waals surface area contributed by atoms with Gasteiger partial charge in [0.15, 0.2) is 5.69 Å². The Balaban J connectivity index is 1.64. The highest BCUT2D eigenvalue weighted by Crippen LogP contribution is 2.29. The lowest BCUT2D eigenvalue weighted by atomic mass is 9.93. The highest BCUT2D eigenvalue weighted by Gasteiger charge is 2.33. The van der Waals surface area contributed by atoms with Crippen LogP contribution in [0.5, 0.6) is 0 Å². The van der Waals surface area contributed by atoms with Gasteiger partial charge in [0.2, 0.25) is 5.91 Å². The van der Waals surface area contributed by atoms with E-state index in [-0.39, 0.29) is 17.9 Å². The van der Waals surface area contributed by atoms with Gasteiger partial charge < -0.3 is 9.80 Å². The largest absolute Gasteiger partial charge is 0.336 e. The van der Waals surface area contributed by atoms with E-state index in [1.807, 2.05) is 40.1 Å². The van der Waals surface area contributed by atoms with Gasteiger partial charge in [0.1, 0.15) is 0 Å². The van der Waals surface area contributed by atoms with Gasteiger partial charge in [-0.15, -0.1) is 10.2 Å². The van der Waals surface area contributed by atoms with Gasteiger partial charge >= 0.3 is 0 Å². The normalized spacial score (nSPS) is 15.9. The number of benzene rings is 2. The predicted molar refractivity (Wildman–Crippen MR) is 147 cm³/mol. The number of amides is 2. The minimum Gasteiger partial charge on any atom is -0.336 e. The highest BCUT2D eigenvalue weighted by molar-refractivity contribution is 5.94. The molecule has 6 nitrogen and oxygen atoms in total. The van der Waals surface area contributed by atoms with E-state index >= 15 is 0 Å². The lowest BCUT2D eigenvalue weighted by molar-refractivity contribution is -0.133. The average Bonchev–Trinajstić information content (AvgIpc) is 2.88. The van der Waals surface area contributed by atoms with Gasteiger partial charge in [0.25, 0.3) is 5.91 Å². The number of piperazine rings is 1. The Morgan fingerprint density at radius 2 is 1.65 bits per heavy atom. The molecule has 2 heterocycles. The summed E-state index contributed by atoms with van der Waals surface area (Å²) in [7, 11) is 0. The van der Waals surface area contributed by atoms with Crippen LogP contribution >= 0.6 is 0 Å². The number of hydrogen-bond acceptors (Lipinski definition) is 4. The van der Waals surface area contributed by atoms with Crippen molar-refractivity contribution in [3.05, 3.63) is 83.0 Å². The fraction of sp³-hybridized carbons (Fsp3) is 0.419. The molecule has 1 aromatic heterocycles. The molecule has 0 saturated carbocycles. The van der Waals surface area contributed by atoms with E-state index in [0.29, 0.717) is 43.6 Å².